The molecule has 14 heavy (non-hydrogen) atoms. The van der Waals surface area contributed by atoms with Crippen molar-refractivity contribution in [1.29, 1.82) is 0 Å². The molecule has 2 nitrogen and oxygen atoms in total. The van der Waals surface area contributed by atoms with Crippen molar-refractivity contribution in [3.8, 4) is 0 Å². The van der Waals surface area contributed by atoms with Gasteiger partial charge in [-0.05, 0) is 43.9 Å². The predicted molar refractivity (Wildman–Crippen MR) is 57.2 cm³/mol. The van der Waals surface area contributed by atoms with E-state index in [0.717, 1.165) is 37.5 Å². The fraction of sp³-hybridized carbons (Fsp3) is 0.917. The molecule has 0 amide bonds. The highest BCUT2D eigenvalue weighted by Crippen LogP contribution is 2.33. The SMILES string of the molecule is CCC(C)CC1CCC(C(=O)O)CC1. The van der Waals surface area contributed by atoms with Crippen LogP contribution in [-0.4, -0.2) is 11.1 Å². The maximum absolute atomic E-state index is 10.7. The lowest BCUT2D eigenvalue weighted by molar-refractivity contribution is -0.143. The van der Waals surface area contributed by atoms with Gasteiger partial charge in [-0.25, -0.2) is 0 Å². The summed E-state index contributed by atoms with van der Waals surface area (Å²) in [6.45, 7) is 4.52. The topological polar surface area (TPSA) is 37.3 Å². The highest BCUT2D eigenvalue weighted by Gasteiger charge is 2.26. The Labute approximate surface area is 86.7 Å². The van der Waals surface area contributed by atoms with E-state index in [1.54, 1.807) is 0 Å². The van der Waals surface area contributed by atoms with E-state index < -0.39 is 5.97 Å². The summed E-state index contributed by atoms with van der Waals surface area (Å²) >= 11 is 0. The number of hydrogen-bond donors (Lipinski definition) is 1. The van der Waals surface area contributed by atoms with Crippen LogP contribution in [-0.2, 0) is 4.79 Å². The van der Waals surface area contributed by atoms with Crippen molar-refractivity contribution in [3.05, 3.63) is 0 Å². The molecule has 1 aliphatic carbocycles. The lowest BCUT2D eigenvalue weighted by atomic mass is 9.78. The van der Waals surface area contributed by atoms with Gasteiger partial charge < -0.3 is 5.11 Å². The molecule has 0 heterocycles. The molecule has 1 aliphatic rings. The number of hydrogen-bond acceptors (Lipinski definition) is 1. The summed E-state index contributed by atoms with van der Waals surface area (Å²) in [5.41, 5.74) is 0. The summed E-state index contributed by atoms with van der Waals surface area (Å²) in [7, 11) is 0. The van der Waals surface area contributed by atoms with Gasteiger partial charge in [-0.2, -0.15) is 0 Å². The molecular formula is C12H22O2. The van der Waals surface area contributed by atoms with Crippen molar-refractivity contribution in [2.45, 2.75) is 52.4 Å². The molecule has 0 aromatic rings. The van der Waals surface area contributed by atoms with E-state index in [1.165, 1.54) is 12.8 Å². The van der Waals surface area contributed by atoms with Crippen LogP contribution in [0.25, 0.3) is 0 Å². The molecule has 0 aromatic carbocycles. The molecule has 82 valence electrons. The average molecular weight is 198 g/mol. The minimum Gasteiger partial charge on any atom is -0.481 e. The first-order valence-electron chi connectivity index (χ1n) is 5.86. The van der Waals surface area contributed by atoms with Gasteiger partial charge >= 0.3 is 5.97 Å². The molecular weight excluding hydrogens is 176 g/mol. The van der Waals surface area contributed by atoms with Crippen LogP contribution in [0.5, 0.6) is 0 Å². The fourth-order valence-electron chi connectivity index (χ4n) is 2.38. The van der Waals surface area contributed by atoms with Gasteiger partial charge in [-0.15, -0.1) is 0 Å². The van der Waals surface area contributed by atoms with Crippen molar-refractivity contribution >= 4 is 5.97 Å². The number of carboxylic acids is 1. The molecule has 1 fully saturated rings. The highest BCUT2D eigenvalue weighted by atomic mass is 16.4. The molecule has 0 radical (unpaired) electrons. The van der Waals surface area contributed by atoms with Crippen LogP contribution in [0.2, 0.25) is 0 Å². The van der Waals surface area contributed by atoms with Crippen molar-refractivity contribution < 1.29 is 9.90 Å². The third-order valence-electron chi connectivity index (χ3n) is 3.63. The van der Waals surface area contributed by atoms with Crippen LogP contribution in [0.15, 0.2) is 0 Å². The Balaban J connectivity index is 2.25. The molecule has 0 spiro atoms. The van der Waals surface area contributed by atoms with Gasteiger partial charge in [0.1, 0.15) is 0 Å². The molecule has 0 aliphatic heterocycles. The lowest BCUT2D eigenvalue weighted by Crippen LogP contribution is -2.22. The third kappa shape index (κ3) is 3.32. The number of aliphatic carboxylic acids is 1. The van der Waals surface area contributed by atoms with Crippen LogP contribution in [0.4, 0.5) is 0 Å². The molecule has 1 unspecified atom stereocenters. The normalized spacial score (nSPS) is 29.9. The monoisotopic (exact) mass is 198 g/mol. The Morgan fingerprint density at radius 3 is 2.36 bits per heavy atom. The lowest BCUT2D eigenvalue weighted by Gasteiger charge is -2.27. The Hall–Kier alpha value is -0.530. The van der Waals surface area contributed by atoms with E-state index in [1.807, 2.05) is 0 Å². The Kier molecular flexibility index (Phi) is 4.43. The molecule has 2 heteroatoms. The highest BCUT2D eigenvalue weighted by molar-refractivity contribution is 5.69. The van der Waals surface area contributed by atoms with E-state index in [0.29, 0.717) is 0 Å². The van der Waals surface area contributed by atoms with Gasteiger partial charge in [0.2, 0.25) is 0 Å². The van der Waals surface area contributed by atoms with Crippen molar-refractivity contribution in [3.63, 3.8) is 0 Å². The Morgan fingerprint density at radius 1 is 1.36 bits per heavy atom. The van der Waals surface area contributed by atoms with Crippen LogP contribution in [0, 0.1) is 17.8 Å². The molecule has 1 saturated carbocycles. The Bertz CT molecular complexity index is 181. The van der Waals surface area contributed by atoms with E-state index in [2.05, 4.69) is 13.8 Å². The van der Waals surface area contributed by atoms with Gasteiger partial charge in [0.25, 0.3) is 0 Å². The number of carbonyl (C=O) groups is 1. The third-order valence-corrected chi connectivity index (χ3v) is 3.63. The predicted octanol–water partition coefficient (Wildman–Crippen LogP) is 3.31. The molecule has 1 rings (SSSR count). The maximum Gasteiger partial charge on any atom is 0.306 e. The zero-order chi connectivity index (χ0) is 10.6. The smallest absolute Gasteiger partial charge is 0.306 e. The summed E-state index contributed by atoms with van der Waals surface area (Å²) in [6.07, 6.45) is 6.59. The summed E-state index contributed by atoms with van der Waals surface area (Å²) in [5, 5.41) is 8.85. The zero-order valence-corrected chi connectivity index (χ0v) is 9.33. The van der Waals surface area contributed by atoms with E-state index in [9.17, 15) is 4.79 Å². The molecule has 1 N–H and O–H groups in total. The number of carboxylic acid groups (broad SMARTS) is 1. The van der Waals surface area contributed by atoms with Gasteiger partial charge in [0, 0.05) is 0 Å². The van der Waals surface area contributed by atoms with Crippen LogP contribution in [0.1, 0.15) is 52.4 Å². The summed E-state index contributed by atoms with van der Waals surface area (Å²) in [5.74, 6) is 0.956. The van der Waals surface area contributed by atoms with E-state index in [-0.39, 0.29) is 5.92 Å². The van der Waals surface area contributed by atoms with Gasteiger partial charge in [-0.3, -0.25) is 4.79 Å². The Morgan fingerprint density at radius 2 is 1.93 bits per heavy atom. The molecule has 0 aromatic heterocycles. The standard InChI is InChI=1S/C12H22O2/c1-3-9(2)8-10-4-6-11(7-5-10)12(13)14/h9-11H,3-8H2,1-2H3,(H,13,14). The zero-order valence-electron chi connectivity index (χ0n) is 9.33. The summed E-state index contributed by atoms with van der Waals surface area (Å²) in [6, 6.07) is 0. The first-order chi connectivity index (χ1) is 6.63. The molecule has 0 saturated heterocycles. The second-order valence-electron chi connectivity index (χ2n) is 4.81. The van der Waals surface area contributed by atoms with Crippen LogP contribution in [0.3, 0.4) is 0 Å². The van der Waals surface area contributed by atoms with Gasteiger partial charge in [0.05, 0.1) is 5.92 Å². The summed E-state index contributed by atoms with van der Waals surface area (Å²) < 4.78 is 0. The van der Waals surface area contributed by atoms with E-state index in [4.69, 9.17) is 5.11 Å². The first kappa shape index (κ1) is 11.5. The maximum atomic E-state index is 10.7. The van der Waals surface area contributed by atoms with Crippen LogP contribution < -0.4 is 0 Å². The van der Waals surface area contributed by atoms with Crippen molar-refractivity contribution in [2.24, 2.45) is 17.8 Å². The van der Waals surface area contributed by atoms with Gasteiger partial charge in [0.15, 0.2) is 0 Å². The fourth-order valence-corrected chi connectivity index (χ4v) is 2.38. The van der Waals surface area contributed by atoms with Gasteiger partial charge in [-0.1, -0.05) is 20.3 Å². The van der Waals surface area contributed by atoms with Crippen LogP contribution >= 0.6 is 0 Å². The quantitative estimate of drug-likeness (QED) is 0.752. The van der Waals surface area contributed by atoms with Crippen molar-refractivity contribution in [2.75, 3.05) is 0 Å². The molecule has 1 atom stereocenters. The largest absolute Gasteiger partial charge is 0.481 e. The van der Waals surface area contributed by atoms with Crippen molar-refractivity contribution in [1.82, 2.24) is 0 Å². The minimum atomic E-state index is -0.591. The number of rotatable bonds is 4. The second kappa shape index (κ2) is 5.38. The average Bonchev–Trinajstić information content (AvgIpc) is 2.18. The second-order valence-corrected chi connectivity index (χ2v) is 4.81. The minimum absolute atomic E-state index is 0.0526. The first-order valence-corrected chi connectivity index (χ1v) is 5.86. The summed E-state index contributed by atoms with van der Waals surface area (Å²) in [4.78, 5) is 10.7. The molecule has 0 bridgehead atoms. The van der Waals surface area contributed by atoms with E-state index >= 15 is 0 Å².